The van der Waals surface area contributed by atoms with Crippen molar-refractivity contribution >= 4 is 0 Å². The van der Waals surface area contributed by atoms with E-state index in [-0.39, 0.29) is 0 Å². The molecule has 104 valence electrons. The van der Waals surface area contributed by atoms with Gasteiger partial charge in [-0.25, -0.2) is 0 Å². The molecule has 3 heterocycles. The molecule has 0 aliphatic carbocycles. The summed E-state index contributed by atoms with van der Waals surface area (Å²) in [4.78, 5) is 6.84. The number of hydrogen-bond donors (Lipinski definition) is 1. The lowest BCUT2D eigenvalue weighted by Gasteiger charge is -2.47. The smallest absolute Gasteiger partial charge is 0.0315 e. The number of hydrogen-bond acceptors (Lipinski definition) is 3. The van der Waals surface area contributed by atoms with Crippen LogP contribution in [0.25, 0.3) is 0 Å². The summed E-state index contributed by atoms with van der Waals surface area (Å²) in [7, 11) is 2.31. The molecular weight excluding hydrogens is 234 g/mol. The quantitative estimate of drug-likeness (QED) is 0.904. The highest BCUT2D eigenvalue weighted by Gasteiger charge is 2.36. The summed E-state index contributed by atoms with van der Waals surface area (Å²) >= 11 is 0. The Morgan fingerprint density at radius 1 is 1.32 bits per heavy atom. The van der Waals surface area contributed by atoms with Crippen molar-refractivity contribution in [2.45, 2.75) is 63.2 Å². The van der Waals surface area contributed by atoms with Crippen LogP contribution in [0.5, 0.6) is 0 Å². The van der Waals surface area contributed by atoms with Gasteiger partial charge in [-0.2, -0.15) is 0 Å². The summed E-state index contributed by atoms with van der Waals surface area (Å²) in [5.41, 5.74) is 1.30. The Morgan fingerprint density at radius 3 is 2.68 bits per heavy atom. The lowest BCUT2D eigenvalue weighted by atomic mass is 9.82. The number of pyridine rings is 1. The van der Waals surface area contributed by atoms with Crippen molar-refractivity contribution in [1.82, 2.24) is 15.2 Å². The van der Waals surface area contributed by atoms with Gasteiger partial charge in [-0.1, -0.05) is 12.5 Å². The largest absolute Gasteiger partial charge is 0.307 e. The van der Waals surface area contributed by atoms with E-state index in [4.69, 9.17) is 0 Å². The molecule has 2 aliphatic heterocycles. The summed E-state index contributed by atoms with van der Waals surface area (Å²) in [5, 5.41) is 3.82. The fourth-order valence-electron chi connectivity index (χ4n) is 3.83. The zero-order valence-electron chi connectivity index (χ0n) is 12.0. The molecule has 3 rings (SSSR count). The number of aromatic nitrogens is 1. The van der Waals surface area contributed by atoms with E-state index < -0.39 is 0 Å². The number of piperidine rings is 2. The third kappa shape index (κ3) is 2.82. The van der Waals surface area contributed by atoms with Gasteiger partial charge in [-0.05, 0) is 51.3 Å². The summed E-state index contributed by atoms with van der Waals surface area (Å²) in [6.07, 6.45) is 10.6. The second-order valence-corrected chi connectivity index (χ2v) is 6.25. The molecule has 3 unspecified atom stereocenters. The Labute approximate surface area is 116 Å². The lowest BCUT2D eigenvalue weighted by Crippen LogP contribution is -2.54. The van der Waals surface area contributed by atoms with Gasteiger partial charge < -0.3 is 10.2 Å². The van der Waals surface area contributed by atoms with E-state index in [0.29, 0.717) is 12.1 Å². The van der Waals surface area contributed by atoms with Gasteiger partial charge in [-0.15, -0.1) is 0 Å². The maximum Gasteiger partial charge on any atom is 0.0315 e. The minimum Gasteiger partial charge on any atom is -0.307 e. The van der Waals surface area contributed by atoms with Crippen molar-refractivity contribution in [3.63, 3.8) is 0 Å². The molecule has 2 aliphatic rings. The predicted octanol–water partition coefficient (Wildman–Crippen LogP) is 2.75. The van der Waals surface area contributed by atoms with Crippen molar-refractivity contribution in [3.8, 4) is 0 Å². The van der Waals surface area contributed by atoms with Gasteiger partial charge in [0.25, 0.3) is 0 Å². The normalized spacial score (nSPS) is 33.1. The zero-order valence-corrected chi connectivity index (χ0v) is 12.0. The van der Waals surface area contributed by atoms with Crippen molar-refractivity contribution in [2.75, 3.05) is 7.05 Å². The van der Waals surface area contributed by atoms with Gasteiger partial charge in [0.2, 0.25) is 0 Å². The van der Waals surface area contributed by atoms with E-state index >= 15 is 0 Å². The van der Waals surface area contributed by atoms with Crippen LogP contribution in [0.3, 0.4) is 0 Å². The molecule has 2 bridgehead atoms. The van der Waals surface area contributed by atoms with Gasteiger partial charge in [0.05, 0.1) is 0 Å². The van der Waals surface area contributed by atoms with Gasteiger partial charge in [-0.3, -0.25) is 4.98 Å². The highest BCUT2D eigenvalue weighted by atomic mass is 15.2. The van der Waals surface area contributed by atoms with Crippen LogP contribution in [0.1, 0.15) is 50.6 Å². The molecule has 1 aromatic rings. The first-order chi connectivity index (χ1) is 9.24. The molecular formula is C16H25N3. The Balaban J connectivity index is 1.62. The van der Waals surface area contributed by atoms with Gasteiger partial charge in [0.1, 0.15) is 0 Å². The maximum absolute atomic E-state index is 4.22. The summed E-state index contributed by atoms with van der Waals surface area (Å²) in [6.45, 7) is 2.26. The van der Waals surface area contributed by atoms with E-state index in [2.05, 4.69) is 35.2 Å². The monoisotopic (exact) mass is 259 g/mol. The Bertz CT molecular complexity index is 392. The van der Waals surface area contributed by atoms with Crippen LogP contribution >= 0.6 is 0 Å². The summed E-state index contributed by atoms with van der Waals surface area (Å²) in [6, 6.07) is 6.86. The van der Waals surface area contributed by atoms with Crippen LogP contribution in [-0.2, 0) is 0 Å². The van der Waals surface area contributed by atoms with E-state index in [9.17, 15) is 0 Å². The Morgan fingerprint density at radius 2 is 2.05 bits per heavy atom. The molecule has 3 heteroatoms. The third-order valence-corrected chi connectivity index (χ3v) is 5.01. The minimum atomic E-state index is 0.405. The molecule has 3 nitrogen and oxygen atoms in total. The number of fused-ring (bicyclic) bond motifs is 2. The molecule has 0 spiro atoms. The Hall–Kier alpha value is -0.930. The van der Waals surface area contributed by atoms with E-state index in [1.165, 1.54) is 37.7 Å². The molecule has 1 aromatic heterocycles. The van der Waals surface area contributed by atoms with Crippen molar-refractivity contribution in [1.29, 1.82) is 0 Å². The number of nitrogens with one attached hydrogen (secondary N) is 1. The fraction of sp³-hybridized carbons (Fsp3) is 0.688. The van der Waals surface area contributed by atoms with E-state index in [1.807, 2.05) is 18.5 Å². The van der Waals surface area contributed by atoms with E-state index in [0.717, 1.165) is 12.1 Å². The molecule has 2 fully saturated rings. The van der Waals surface area contributed by atoms with Crippen molar-refractivity contribution < 1.29 is 0 Å². The van der Waals surface area contributed by atoms with Crippen LogP contribution < -0.4 is 5.32 Å². The molecule has 0 aromatic carbocycles. The molecule has 3 atom stereocenters. The van der Waals surface area contributed by atoms with Gasteiger partial charge in [0.15, 0.2) is 0 Å². The molecule has 1 N–H and O–H groups in total. The molecule has 0 radical (unpaired) electrons. The van der Waals surface area contributed by atoms with Crippen LogP contribution in [0, 0.1) is 0 Å². The first-order valence-electron chi connectivity index (χ1n) is 7.62. The second-order valence-electron chi connectivity index (χ2n) is 6.25. The number of rotatable bonds is 3. The minimum absolute atomic E-state index is 0.405. The molecule has 19 heavy (non-hydrogen) atoms. The van der Waals surface area contributed by atoms with Crippen LogP contribution in [-0.4, -0.2) is 35.1 Å². The fourth-order valence-corrected chi connectivity index (χ4v) is 3.83. The van der Waals surface area contributed by atoms with Crippen LogP contribution in [0.4, 0.5) is 0 Å². The van der Waals surface area contributed by atoms with E-state index in [1.54, 1.807) is 0 Å². The average Bonchev–Trinajstić information content (AvgIpc) is 2.41. The molecule has 0 saturated carbocycles. The summed E-state index contributed by atoms with van der Waals surface area (Å²) < 4.78 is 0. The lowest BCUT2D eigenvalue weighted by molar-refractivity contribution is 0.0463. The molecule has 2 saturated heterocycles. The van der Waals surface area contributed by atoms with Crippen molar-refractivity contribution in [3.05, 3.63) is 30.1 Å². The number of nitrogens with zero attached hydrogens (tertiary/aromatic N) is 2. The maximum atomic E-state index is 4.22. The average molecular weight is 259 g/mol. The highest BCUT2D eigenvalue weighted by Crippen LogP contribution is 2.33. The second kappa shape index (κ2) is 5.59. The third-order valence-electron chi connectivity index (χ3n) is 5.01. The van der Waals surface area contributed by atoms with Crippen LogP contribution in [0.2, 0.25) is 0 Å². The highest BCUT2D eigenvalue weighted by molar-refractivity contribution is 5.13. The van der Waals surface area contributed by atoms with Crippen molar-refractivity contribution in [2.24, 2.45) is 0 Å². The standard InChI is InChI=1S/C16H25N3/c1-12(13-5-4-8-17-11-13)18-14-9-15-6-3-7-16(10-14)19(15)2/h4-5,8,11-12,14-16,18H,3,6-7,9-10H2,1-2H3. The first kappa shape index (κ1) is 13.1. The summed E-state index contributed by atoms with van der Waals surface area (Å²) in [5.74, 6) is 0. The zero-order chi connectivity index (χ0) is 13.2. The SMILES string of the molecule is CC(NC1CC2CCCC(C1)N2C)c1cccnc1. The predicted molar refractivity (Wildman–Crippen MR) is 78.0 cm³/mol. The van der Waals surface area contributed by atoms with Gasteiger partial charge in [0, 0.05) is 36.6 Å². The van der Waals surface area contributed by atoms with Gasteiger partial charge >= 0.3 is 0 Å². The topological polar surface area (TPSA) is 28.2 Å². The Kier molecular flexibility index (Phi) is 3.85. The van der Waals surface area contributed by atoms with Crippen LogP contribution in [0.15, 0.2) is 24.5 Å². The first-order valence-corrected chi connectivity index (χ1v) is 7.62. The molecule has 0 amide bonds.